The molecule has 1 aromatic carbocycles. The van der Waals surface area contributed by atoms with Crippen molar-refractivity contribution in [3.63, 3.8) is 0 Å². The van der Waals surface area contributed by atoms with E-state index < -0.39 is 44.4 Å². The van der Waals surface area contributed by atoms with Crippen LogP contribution in [0, 0.1) is 20.2 Å². The highest BCUT2D eigenvalue weighted by Gasteiger charge is 2.40. The van der Waals surface area contributed by atoms with Crippen LogP contribution in [-0.4, -0.2) is 33.7 Å². The van der Waals surface area contributed by atoms with Gasteiger partial charge in [-0.1, -0.05) is 12.2 Å². The zero-order valence-electron chi connectivity index (χ0n) is 13.3. The molecule has 0 saturated heterocycles. The summed E-state index contributed by atoms with van der Waals surface area (Å²) < 4.78 is 38.6. The number of amides is 1. The van der Waals surface area contributed by atoms with E-state index in [1.54, 1.807) is 6.92 Å². The quantitative estimate of drug-likeness (QED) is 0.437. The van der Waals surface area contributed by atoms with Crippen LogP contribution in [0.1, 0.15) is 29.8 Å². The standard InChI is InChI=1S/C14H14F3N3O5/c1-4-18(7-8(2)3)13(21)12-10(19(22)23)5-9(14(15,16)17)6-11(12)20(24)25/h5-6H,2,4,7H2,1,3H3. The summed E-state index contributed by atoms with van der Waals surface area (Å²) in [6.45, 7) is 6.63. The predicted molar refractivity (Wildman–Crippen MR) is 81.1 cm³/mol. The van der Waals surface area contributed by atoms with Crippen molar-refractivity contribution < 1.29 is 27.8 Å². The summed E-state index contributed by atoms with van der Waals surface area (Å²) in [4.78, 5) is 33.3. The third-order valence-electron chi connectivity index (χ3n) is 3.16. The molecule has 0 spiro atoms. The largest absolute Gasteiger partial charge is 0.416 e. The van der Waals surface area contributed by atoms with Crippen molar-refractivity contribution in [2.24, 2.45) is 0 Å². The molecule has 0 aliphatic rings. The van der Waals surface area contributed by atoms with Gasteiger partial charge in [-0.3, -0.25) is 25.0 Å². The van der Waals surface area contributed by atoms with E-state index in [0.717, 1.165) is 4.90 Å². The lowest BCUT2D eigenvalue weighted by Crippen LogP contribution is -2.33. The van der Waals surface area contributed by atoms with Crippen molar-refractivity contribution >= 4 is 17.3 Å². The number of hydrogen-bond donors (Lipinski definition) is 0. The fraction of sp³-hybridized carbons (Fsp3) is 0.357. The zero-order valence-corrected chi connectivity index (χ0v) is 13.3. The first-order valence-electron chi connectivity index (χ1n) is 6.87. The molecular weight excluding hydrogens is 347 g/mol. The number of benzene rings is 1. The van der Waals surface area contributed by atoms with Gasteiger partial charge in [-0.2, -0.15) is 13.2 Å². The number of hydrogen-bond acceptors (Lipinski definition) is 5. The maximum Gasteiger partial charge on any atom is 0.416 e. The SMILES string of the molecule is C=C(C)CN(CC)C(=O)c1c([N+](=O)[O-])cc(C(F)(F)F)cc1[N+](=O)[O-]. The second-order valence-corrected chi connectivity index (χ2v) is 5.18. The average Bonchev–Trinajstić information content (AvgIpc) is 2.49. The minimum Gasteiger partial charge on any atom is -0.335 e. The number of nitrogens with zero attached hydrogens (tertiary/aromatic N) is 3. The van der Waals surface area contributed by atoms with Gasteiger partial charge in [0.25, 0.3) is 17.3 Å². The van der Waals surface area contributed by atoms with Crippen LogP contribution in [0.15, 0.2) is 24.3 Å². The molecule has 1 amide bonds. The van der Waals surface area contributed by atoms with Crippen LogP contribution in [-0.2, 0) is 6.18 Å². The molecule has 0 aliphatic carbocycles. The van der Waals surface area contributed by atoms with E-state index in [0.29, 0.717) is 5.57 Å². The third-order valence-corrected chi connectivity index (χ3v) is 3.16. The van der Waals surface area contributed by atoms with E-state index in [2.05, 4.69) is 6.58 Å². The maximum absolute atomic E-state index is 12.9. The molecule has 1 aromatic rings. The number of carbonyl (C=O) groups excluding carboxylic acids is 1. The lowest BCUT2D eigenvalue weighted by atomic mass is 10.0. The summed E-state index contributed by atoms with van der Waals surface area (Å²) in [6.07, 6.45) is -5.04. The van der Waals surface area contributed by atoms with Crippen LogP contribution in [0.25, 0.3) is 0 Å². The highest BCUT2D eigenvalue weighted by molar-refractivity contribution is 6.02. The molecule has 0 atom stereocenters. The van der Waals surface area contributed by atoms with Crippen LogP contribution < -0.4 is 0 Å². The molecule has 0 saturated carbocycles. The normalized spacial score (nSPS) is 11.1. The lowest BCUT2D eigenvalue weighted by molar-refractivity contribution is -0.395. The van der Waals surface area contributed by atoms with Crippen LogP contribution in [0.3, 0.4) is 0 Å². The second-order valence-electron chi connectivity index (χ2n) is 5.18. The maximum atomic E-state index is 12.9. The fourth-order valence-corrected chi connectivity index (χ4v) is 2.09. The molecule has 1 rings (SSSR count). The molecule has 0 aromatic heterocycles. The Kier molecular flexibility index (Phi) is 5.84. The number of nitro groups is 2. The number of nitro benzene ring substituents is 2. The molecular formula is C14H14F3N3O5. The molecule has 11 heteroatoms. The molecule has 0 heterocycles. The highest BCUT2D eigenvalue weighted by Crippen LogP contribution is 2.38. The number of alkyl halides is 3. The van der Waals surface area contributed by atoms with Gasteiger partial charge in [-0.15, -0.1) is 0 Å². The first kappa shape index (κ1) is 20.1. The van der Waals surface area contributed by atoms with Gasteiger partial charge < -0.3 is 4.90 Å². The van der Waals surface area contributed by atoms with E-state index in [9.17, 15) is 38.2 Å². The van der Waals surface area contributed by atoms with Crippen molar-refractivity contribution in [3.05, 3.63) is 55.6 Å². The minimum atomic E-state index is -5.04. The Morgan fingerprint density at radius 3 is 1.92 bits per heavy atom. The summed E-state index contributed by atoms with van der Waals surface area (Å²) in [5.41, 5.74) is -4.62. The van der Waals surface area contributed by atoms with Gasteiger partial charge in [0, 0.05) is 25.2 Å². The smallest absolute Gasteiger partial charge is 0.335 e. The lowest BCUT2D eigenvalue weighted by Gasteiger charge is -2.21. The highest BCUT2D eigenvalue weighted by atomic mass is 19.4. The molecule has 0 unspecified atom stereocenters. The van der Waals surface area contributed by atoms with Crippen molar-refractivity contribution in [2.75, 3.05) is 13.1 Å². The van der Waals surface area contributed by atoms with E-state index >= 15 is 0 Å². The van der Waals surface area contributed by atoms with E-state index in [1.165, 1.54) is 6.92 Å². The Labute approximate surface area is 139 Å². The van der Waals surface area contributed by atoms with Crippen LogP contribution >= 0.6 is 0 Å². The summed E-state index contributed by atoms with van der Waals surface area (Å²) >= 11 is 0. The summed E-state index contributed by atoms with van der Waals surface area (Å²) in [5.74, 6) is -1.11. The topological polar surface area (TPSA) is 107 Å². The molecule has 8 nitrogen and oxygen atoms in total. The first-order chi connectivity index (χ1) is 11.4. The third kappa shape index (κ3) is 4.52. The van der Waals surface area contributed by atoms with E-state index in [4.69, 9.17) is 0 Å². The van der Waals surface area contributed by atoms with Crippen molar-refractivity contribution in [1.29, 1.82) is 0 Å². The zero-order chi connectivity index (χ0) is 19.5. The molecule has 25 heavy (non-hydrogen) atoms. The Morgan fingerprint density at radius 1 is 1.20 bits per heavy atom. The van der Waals surface area contributed by atoms with Gasteiger partial charge in [-0.25, -0.2) is 0 Å². The van der Waals surface area contributed by atoms with Gasteiger partial charge in [0.15, 0.2) is 5.56 Å². The second kappa shape index (κ2) is 7.28. The molecule has 0 aliphatic heterocycles. The number of rotatable bonds is 6. The van der Waals surface area contributed by atoms with Gasteiger partial charge in [-0.05, 0) is 13.8 Å². The summed E-state index contributed by atoms with van der Waals surface area (Å²) in [7, 11) is 0. The van der Waals surface area contributed by atoms with Crippen LogP contribution in [0.2, 0.25) is 0 Å². The average molecular weight is 361 g/mol. The van der Waals surface area contributed by atoms with Gasteiger partial charge in [0.05, 0.1) is 15.4 Å². The van der Waals surface area contributed by atoms with Crippen LogP contribution in [0.5, 0.6) is 0 Å². The van der Waals surface area contributed by atoms with E-state index in [1.807, 2.05) is 0 Å². The fourth-order valence-electron chi connectivity index (χ4n) is 2.09. The minimum absolute atomic E-state index is 0.0288. The number of carbonyl (C=O) groups is 1. The van der Waals surface area contributed by atoms with Crippen LogP contribution in [0.4, 0.5) is 24.5 Å². The monoisotopic (exact) mass is 361 g/mol. The predicted octanol–water partition coefficient (Wildman–Crippen LogP) is 3.56. The van der Waals surface area contributed by atoms with Gasteiger partial charge >= 0.3 is 6.18 Å². The van der Waals surface area contributed by atoms with Crippen molar-refractivity contribution in [1.82, 2.24) is 4.90 Å². The Balaban J connectivity index is 3.72. The molecule has 0 bridgehead atoms. The van der Waals surface area contributed by atoms with Gasteiger partial charge in [0.2, 0.25) is 0 Å². The summed E-state index contributed by atoms with van der Waals surface area (Å²) in [5, 5.41) is 22.3. The molecule has 136 valence electrons. The van der Waals surface area contributed by atoms with Gasteiger partial charge in [0.1, 0.15) is 0 Å². The Morgan fingerprint density at radius 2 is 1.64 bits per heavy atom. The number of likely N-dealkylation sites (N-methyl/N-ethyl adjacent to an activating group) is 1. The molecule has 0 radical (unpaired) electrons. The molecule has 0 N–H and O–H groups in total. The van der Waals surface area contributed by atoms with Crippen molar-refractivity contribution in [2.45, 2.75) is 20.0 Å². The summed E-state index contributed by atoms with van der Waals surface area (Å²) in [6, 6.07) is 0.240. The van der Waals surface area contributed by atoms with Crippen molar-refractivity contribution in [3.8, 4) is 0 Å². The Hall–Kier alpha value is -2.98. The molecule has 0 fully saturated rings. The van der Waals surface area contributed by atoms with E-state index in [-0.39, 0.29) is 25.2 Å². The first-order valence-corrected chi connectivity index (χ1v) is 6.87. The number of halogens is 3. The Bertz CT molecular complexity index is 711.